The monoisotopic (exact) mass is 244 g/mol. The zero-order valence-electron chi connectivity index (χ0n) is 9.00. The summed E-state index contributed by atoms with van der Waals surface area (Å²) in [5, 5.41) is 5.78. The normalized spacial score (nSPS) is 25.9. The molecule has 15 heavy (non-hydrogen) atoms. The van der Waals surface area contributed by atoms with Crippen molar-refractivity contribution < 1.29 is 4.79 Å². The van der Waals surface area contributed by atoms with E-state index in [4.69, 9.17) is 24.4 Å². The third kappa shape index (κ3) is 2.72. The van der Waals surface area contributed by atoms with Crippen LogP contribution in [0.3, 0.4) is 0 Å². The lowest BCUT2D eigenvalue weighted by Gasteiger charge is -2.28. The number of carbonyl (C=O) groups excluding carboxylic acids is 1. The lowest BCUT2D eigenvalue weighted by Crippen LogP contribution is -2.43. The fourth-order valence-corrected chi connectivity index (χ4v) is 2.39. The van der Waals surface area contributed by atoms with Gasteiger partial charge in [0.25, 0.3) is 0 Å². The first-order chi connectivity index (χ1) is 7.11. The zero-order chi connectivity index (χ0) is 11.4. The minimum absolute atomic E-state index is 0.143. The predicted molar refractivity (Wildman–Crippen MR) is 69.2 cm³/mol. The molecule has 0 aromatic rings. The number of hydrogen-bond acceptors (Lipinski definition) is 3. The molecule has 1 saturated carbocycles. The standard InChI is InChI=1S/C10H16N2OS2/c1-11-9(14)6-4-3-5-7(8(6)13)10(15)12-2/h6-7H,3-5H2,1-2H3,(H,11,14)(H,12,15). The van der Waals surface area contributed by atoms with Gasteiger partial charge in [0.2, 0.25) is 0 Å². The SMILES string of the molecule is CNC(=S)C1CCCC(C(=S)NC)C1=O. The van der Waals surface area contributed by atoms with Crippen molar-refractivity contribution >= 4 is 40.2 Å². The largest absolute Gasteiger partial charge is 0.382 e. The molecule has 0 radical (unpaired) electrons. The highest BCUT2D eigenvalue weighted by molar-refractivity contribution is 7.80. The highest BCUT2D eigenvalue weighted by Gasteiger charge is 2.35. The Morgan fingerprint density at radius 3 is 1.87 bits per heavy atom. The molecule has 0 aliphatic heterocycles. The third-order valence-corrected chi connectivity index (χ3v) is 3.78. The van der Waals surface area contributed by atoms with Crippen LogP contribution >= 0.6 is 24.4 Å². The fourth-order valence-electron chi connectivity index (χ4n) is 1.92. The summed E-state index contributed by atoms with van der Waals surface area (Å²) in [6.45, 7) is 0. The van der Waals surface area contributed by atoms with E-state index < -0.39 is 0 Å². The van der Waals surface area contributed by atoms with E-state index in [0.29, 0.717) is 9.98 Å². The summed E-state index contributed by atoms with van der Waals surface area (Å²) in [5.41, 5.74) is 0. The van der Waals surface area contributed by atoms with E-state index in [9.17, 15) is 4.79 Å². The van der Waals surface area contributed by atoms with Crippen molar-refractivity contribution in [3.63, 3.8) is 0 Å². The van der Waals surface area contributed by atoms with Crippen molar-refractivity contribution in [1.82, 2.24) is 10.6 Å². The average molecular weight is 244 g/mol. The van der Waals surface area contributed by atoms with Gasteiger partial charge in [0, 0.05) is 14.1 Å². The van der Waals surface area contributed by atoms with Gasteiger partial charge in [0.15, 0.2) is 5.78 Å². The molecule has 0 saturated heterocycles. The smallest absolute Gasteiger partial charge is 0.152 e. The van der Waals surface area contributed by atoms with Gasteiger partial charge in [-0.2, -0.15) is 0 Å². The van der Waals surface area contributed by atoms with Crippen LogP contribution in [-0.2, 0) is 4.79 Å². The van der Waals surface area contributed by atoms with E-state index in [1.165, 1.54) is 0 Å². The zero-order valence-corrected chi connectivity index (χ0v) is 10.6. The van der Waals surface area contributed by atoms with Crippen molar-refractivity contribution in [2.75, 3.05) is 14.1 Å². The van der Waals surface area contributed by atoms with Gasteiger partial charge in [-0.3, -0.25) is 4.79 Å². The van der Waals surface area contributed by atoms with E-state index >= 15 is 0 Å². The van der Waals surface area contributed by atoms with Crippen LogP contribution in [0.25, 0.3) is 0 Å². The summed E-state index contributed by atoms with van der Waals surface area (Å²) in [6.07, 6.45) is 2.70. The van der Waals surface area contributed by atoms with E-state index in [-0.39, 0.29) is 17.6 Å². The summed E-state index contributed by atoms with van der Waals surface area (Å²) in [6, 6.07) is 0. The summed E-state index contributed by atoms with van der Waals surface area (Å²) in [5.74, 6) is -0.120. The lowest BCUT2D eigenvalue weighted by atomic mass is 9.80. The molecule has 0 aromatic heterocycles. The second kappa shape index (κ2) is 5.51. The topological polar surface area (TPSA) is 41.1 Å². The fraction of sp³-hybridized carbons (Fsp3) is 0.700. The van der Waals surface area contributed by atoms with E-state index in [2.05, 4.69) is 10.6 Å². The first-order valence-electron chi connectivity index (χ1n) is 5.08. The van der Waals surface area contributed by atoms with Crippen molar-refractivity contribution in [3.8, 4) is 0 Å². The Labute approximate surface area is 101 Å². The van der Waals surface area contributed by atoms with Crippen LogP contribution in [0.15, 0.2) is 0 Å². The minimum Gasteiger partial charge on any atom is -0.382 e. The van der Waals surface area contributed by atoms with Crippen LogP contribution in [0.5, 0.6) is 0 Å². The summed E-state index contributed by atoms with van der Waals surface area (Å²) in [7, 11) is 3.52. The molecule has 1 aliphatic carbocycles. The molecule has 0 amide bonds. The van der Waals surface area contributed by atoms with Crippen LogP contribution in [0.4, 0.5) is 0 Å². The van der Waals surface area contributed by atoms with Crippen molar-refractivity contribution in [2.45, 2.75) is 19.3 Å². The first-order valence-corrected chi connectivity index (χ1v) is 5.90. The Hall–Kier alpha value is -0.550. The molecule has 0 spiro atoms. The molecule has 1 fully saturated rings. The number of hydrogen-bond donors (Lipinski definition) is 2. The molecule has 0 aromatic carbocycles. The molecule has 3 nitrogen and oxygen atoms in total. The Morgan fingerprint density at radius 2 is 1.53 bits per heavy atom. The Morgan fingerprint density at radius 1 is 1.13 bits per heavy atom. The molecule has 1 rings (SSSR count). The highest BCUT2D eigenvalue weighted by atomic mass is 32.1. The molecule has 2 atom stereocenters. The predicted octanol–water partition coefficient (Wildman–Crippen LogP) is 1.07. The Balaban J connectivity index is 2.75. The second-order valence-electron chi connectivity index (χ2n) is 3.67. The summed E-state index contributed by atoms with van der Waals surface area (Å²) in [4.78, 5) is 13.4. The average Bonchev–Trinajstić information content (AvgIpc) is 2.27. The van der Waals surface area contributed by atoms with Gasteiger partial charge in [0.1, 0.15) is 0 Å². The number of thiocarbonyl (C=S) groups is 2. The van der Waals surface area contributed by atoms with Gasteiger partial charge in [-0.15, -0.1) is 0 Å². The number of ketones is 1. The number of nitrogens with one attached hydrogen (secondary N) is 2. The van der Waals surface area contributed by atoms with E-state index in [0.717, 1.165) is 19.3 Å². The van der Waals surface area contributed by atoms with Crippen LogP contribution in [0, 0.1) is 11.8 Å². The van der Waals surface area contributed by atoms with Crippen LogP contribution in [0.2, 0.25) is 0 Å². The van der Waals surface area contributed by atoms with E-state index in [1.807, 2.05) is 0 Å². The molecule has 2 unspecified atom stereocenters. The molecular formula is C10H16N2OS2. The molecule has 0 heterocycles. The second-order valence-corrected chi connectivity index (χ2v) is 4.55. The molecule has 0 bridgehead atoms. The van der Waals surface area contributed by atoms with Gasteiger partial charge in [-0.05, 0) is 12.8 Å². The number of carbonyl (C=O) groups is 1. The molecule has 5 heteroatoms. The quantitative estimate of drug-likeness (QED) is 0.711. The molecule has 2 N–H and O–H groups in total. The van der Waals surface area contributed by atoms with Gasteiger partial charge in [-0.25, -0.2) is 0 Å². The van der Waals surface area contributed by atoms with Crippen LogP contribution < -0.4 is 10.6 Å². The van der Waals surface area contributed by atoms with Gasteiger partial charge in [0.05, 0.1) is 21.8 Å². The number of rotatable bonds is 2. The minimum atomic E-state index is -0.143. The van der Waals surface area contributed by atoms with Crippen molar-refractivity contribution in [3.05, 3.63) is 0 Å². The van der Waals surface area contributed by atoms with Crippen molar-refractivity contribution in [1.29, 1.82) is 0 Å². The molecule has 84 valence electrons. The van der Waals surface area contributed by atoms with Gasteiger partial charge < -0.3 is 10.6 Å². The highest BCUT2D eigenvalue weighted by Crippen LogP contribution is 2.27. The van der Waals surface area contributed by atoms with Gasteiger partial charge >= 0.3 is 0 Å². The first kappa shape index (κ1) is 12.5. The molecule has 1 aliphatic rings. The maximum absolute atomic E-state index is 12.1. The number of Topliss-reactive ketones (excluding diaryl/α,β-unsaturated/α-hetero) is 1. The third-order valence-electron chi connectivity index (χ3n) is 2.80. The van der Waals surface area contributed by atoms with Gasteiger partial charge in [-0.1, -0.05) is 30.9 Å². The summed E-state index contributed by atoms with van der Waals surface area (Å²) >= 11 is 10.3. The van der Waals surface area contributed by atoms with E-state index in [1.54, 1.807) is 14.1 Å². The maximum atomic E-state index is 12.1. The van der Waals surface area contributed by atoms with Crippen LogP contribution in [0.1, 0.15) is 19.3 Å². The molecular weight excluding hydrogens is 228 g/mol. The maximum Gasteiger partial charge on any atom is 0.152 e. The lowest BCUT2D eigenvalue weighted by molar-refractivity contribution is -0.124. The summed E-state index contributed by atoms with van der Waals surface area (Å²) < 4.78 is 0. The van der Waals surface area contributed by atoms with Crippen LogP contribution in [-0.4, -0.2) is 29.9 Å². The Bertz CT molecular complexity index is 265. The Kier molecular flexibility index (Phi) is 4.60. The van der Waals surface area contributed by atoms with Crippen molar-refractivity contribution in [2.24, 2.45) is 11.8 Å².